The fourth-order valence-electron chi connectivity index (χ4n) is 3.34. The first kappa shape index (κ1) is 24.2. The summed E-state index contributed by atoms with van der Waals surface area (Å²) in [5, 5.41) is 21.0. The molecule has 3 rings (SSSR count). The first-order valence-electron chi connectivity index (χ1n) is 9.87. The maximum absolute atomic E-state index is 12.9. The Labute approximate surface area is 201 Å². The minimum Gasteiger partial charge on any atom is -0.494 e. The van der Waals surface area contributed by atoms with Crippen molar-refractivity contribution in [2.45, 2.75) is 19.9 Å². The number of aromatic nitrogens is 1. The van der Waals surface area contributed by atoms with Crippen molar-refractivity contribution in [3.05, 3.63) is 79.1 Å². The zero-order valence-corrected chi connectivity index (χ0v) is 19.7. The lowest BCUT2D eigenvalue weighted by molar-refractivity contribution is 0.354. The Bertz CT molecular complexity index is 1330. The van der Waals surface area contributed by atoms with Crippen LogP contribution in [0.25, 0.3) is 0 Å². The predicted molar refractivity (Wildman–Crippen MR) is 129 cm³/mol. The molecule has 0 radical (unpaired) electrons. The van der Waals surface area contributed by atoms with Crippen molar-refractivity contribution in [2.75, 3.05) is 14.2 Å². The van der Waals surface area contributed by atoms with Gasteiger partial charge in [-0.25, -0.2) is 0 Å². The van der Waals surface area contributed by atoms with Crippen molar-refractivity contribution < 1.29 is 14.6 Å². The summed E-state index contributed by atoms with van der Waals surface area (Å²) in [5.74, 6) is 0.847. The lowest BCUT2D eigenvalue weighted by Crippen LogP contribution is -2.26. The summed E-state index contributed by atoms with van der Waals surface area (Å²) < 4.78 is 11.7. The van der Waals surface area contributed by atoms with Crippen LogP contribution in [0, 0.1) is 18.3 Å². The second-order valence-electron chi connectivity index (χ2n) is 7.08. The third-order valence-corrected chi connectivity index (χ3v) is 5.99. The van der Waals surface area contributed by atoms with E-state index in [1.165, 1.54) is 13.3 Å². The Hall–Kier alpha value is -3.47. The maximum Gasteiger partial charge on any atom is 0.271 e. The number of aliphatic imine (C=N–C) groups is 1. The first-order chi connectivity index (χ1) is 15.8. The molecule has 7 nitrogen and oxygen atoms in total. The number of nitriles is 1. The van der Waals surface area contributed by atoms with Crippen molar-refractivity contribution in [1.82, 2.24) is 4.57 Å². The SMILES string of the molecule is COc1ccc(CCn2c(O)c(C=Nc3cccc(Cl)c3Cl)c(C)c(C#N)c2=O)cc1OC. The van der Waals surface area contributed by atoms with Crippen LogP contribution in [0.1, 0.15) is 22.3 Å². The van der Waals surface area contributed by atoms with E-state index in [-0.39, 0.29) is 28.6 Å². The number of aryl methyl sites for hydroxylation is 1. The fraction of sp³-hybridized carbons (Fsp3) is 0.208. The molecule has 0 aliphatic carbocycles. The number of hydrogen-bond donors (Lipinski definition) is 1. The van der Waals surface area contributed by atoms with Gasteiger partial charge in [-0.15, -0.1) is 0 Å². The Morgan fingerprint density at radius 1 is 1.18 bits per heavy atom. The van der Waals surface area contributed by atoms with Crippen molar-refractivity contribution in [2.24, 2.45) is 4.99 Å². The summed E-state index contributed by atoms with van der Waals surface area (Å²) in [6.07, 6.45) is 1.77. The summed E-state index contributed by atoms with van der Waals surface area (Å²) in [4.78, 5) is 17.2. The van der Waals surface area contributed by atoms with Crippen molar-refractivity contribution in [3.63, 3.8) is 0 Å². The van der Waals surface area contributed by atoms with Gasteiger partial charge in [-0.1, -0.05) is 35.3 Å². The van der Waals surface area contributed by atoms with Gasteiger partial charge in [-0.05, 0) is 48.7 Å². The van der Waals surface area contributed by atoms with Crippen molar-refractivity contribution in [3.8, 4) is 23.4 Å². The largest absolute Gasteiger partial charge is 0.494 e. The van der Waals surface area contributed by atoms with Gasteiger partial charge >= 0.3 is 0 Å². The molecule has 0 spiro atoms. The molecular formula is C24H21Cl2N3O4. The third-order valence-electron chi connectivity index (χ3n) is 5.18. The average Bonchev–Trinajstić information content (AvgIpc) is 2.81. The maximum atomic E-state index is 12.9. The predicted octanol–water partition coefficient (Wildman–Crippen LogP) is 5.05. The van der Waals surface area contributed by atoms with E-state index in [0.717, 1.165) is 10.1 Å². The zero-order valence-electron chi connectivity index (χ0n) is 18.2. The van der Waals surface area contributed by atoms with Crippen LogP contribution >= 0.6 is 23.2 Å². The molecule has 0 saturated heterocycles. The molecule has 33 heavy (non-hydrogen) atoms. The van der Waals surface area contributed by atoms with E-state index in [1.54, 1.807) is 44.4 Å². The summed E-state index contributed by atoms with van der Waals surface area (Å²) in [5.41, 5.74) is 1.17. The molecule has 0 amide bonds. The van der Waals surface area contributed by atoms with Crippen LogP contribution in [-0.4, -0.2) is 30.1 Å². The number of methoxy groups -OCH3 is 2. The molecule has 3 aromatic rings. The molecule has 1 heterocycles. The number of pyridine rings is 1. The number of rotatable bonds is 7. The number of benzene rings is 2. The molecule has 0 aliphatic rings. The van der Waals surface area contributed by atoms with Gasteiger partial charge in [0.2, 0.25) is 5.88 Å². The highest BCUT2D eigenvalue weighted by atomic mass is 35.5. The molecule has 9 heteroatoms. The van der Waals surface area contributed by atoms with E-state index < -0.39 is 5.56 Å². The molecule has 1 aromatic heterocycles. The van der Waals surface area contributed by atoms with E-state index in [9.17, 15) is 15.2 Å². The number of ether oxygens (including phenoxy) is 2. The van der Waals surface area contributed by atoms with Gasteiger partial charge in [0.05, 0.1) is 35.5 Å². The molecule has 170 valence electrons. The van der Waals surface area contributed by atoms with Gasteiger partial charge in [0, 0.05) is 12.8 Å². The van der Waals surface area contributed by atoms with Crippen molar-refractivity contribution in [1.29, 1.82) is 5.26 Å². The lowest BCUT2D eigenvalue weighted by atomic mass is 10.1. The molecule has 0 aliphatic heterocycles. The van der Waals surface area contributed by atoms with Gasteiger partial charge < -0.3 is 14.6 Å². The molecule has 0 bridgehead atoms. The van der Waals surface area contributed by atoms with Gasteiger partial charge in [-0.2, -0.15) is 5.26 Å². The number of aromatic hydroxyl groups is 1. The van der Waals surface area contributed by atoms with Crippen LogP contribution < -0.4 is 15.0 Å². The lowest BCUT2D eigenvalue weighted by Gasteiger charge is -2.15. The van der Waals surface area contributed by atoms with Gasteiger partial charge in [0.25, 0.3) is 5.56 Å². The molecular weight excluding hydrogens is 465 g/mol. The van der Waals surface area contributed by atoms with E-state index in [0.29, 0.717) is 34.2 Å². The van der Waals surface area contributed by atoms with Crippen LogP contribution in [0.5, 0.6) is 17.4 Å². The summed E-state index contributed by atoms with van der Waals surface area (Å²) in [6.45, 7) is 1.72. The number of hydrogen-bond acceptors (Lipinski definition) is 6. The minimum atomic E-state index is -0.578. The Morgan fingerprint density at radius 3 is 2.58 bits per heavy atom. The zero-order chi connectivity index (χ0) is 24.1. The van der Waals surface area contributed by atoms with E-state index in [4.69, 9.17) is 32.7 Å². The first-order valence-corrected chi connectivity index (χ1v) is 10.6. The topological polar surface area (TPSA) is 96.8 Å². The number of nitrogens with zero attached hydrogens (tertiary/aromatic N) is 3. The summed E-state index contributed by atoms with van der Waals surface area (Å²) in [6, 6.07) is 12.3. The van der Waals surface area contributed by atoms with Crippen LogP contribution in [0.2, 0.25) is 10.0 Å². The van der Waals surface area contributed by atoms with Crippen molar-refractivity contribution >= 4 is 35.1 Å². The Kier molecular flexibility index (Phi) is 7.64. The second kappa shape index (κ2) is 10.4. The monoisotopic (exact) mass is 485 g/mol. The van der Waals surface area contributed by atoms with Gasteiger partial charge in [0.1, 0.15) is 11.6 Å². The van der Waals surface area contributed by atoms with Crippen LogP contribution in [0.3, 0.4) is 0 Å². The Morgan fingerprint density at radius 2 is 1.91 bits per heavy atom. The fourth-order valence-corrected chi connectivity index (χ4v) is 3.68. The van der Waals surface area contributed by atoms with Crippen LogP contribution in [0.4, 0.5) is 5.69 Å². The molecule has 0 fully saturated rings. The molecule has 0 unspecified atom stereocenters. The molecule has 2 aromatic carbocycles. The van der Waals surface area contributed by atoms with E-state index in [1.807, 2.05) is 12.1 Å². The molecule has 0 saturated carbocycles. The van der Waals surface area contributed by atoms with Crippen LogP contribution in [-0.2, 0) is 13.0 Å². The normalized spacial score (nSPS) is 10.9. The third kappa shape index (κ3) is 4.98. The van der Waals surface area contributed by atoms with E-state index >= 15 is 0 Å². The molecule has 0 atom stereocenters. The highest BCUT2D eigenvalue weighted by molar-refractivity contribution is 6.43. The van der Waals surface area contributed by atoms with Crippen LogP contribution in [0.15, 0.2) is 46.2 Å². The summed E-state index contributed by atoms with van der Waals surface area (Å²) in [7, 11) is 3.08. The highest BCUT2D eigenvalue weighted by Gasteiger charge is 2.18. The molecule has 1 N–H and O–H groups in total. The number of halogens is 2. The minimum absolute atomic E-state index is 0.0706. The van der Waals surface area contributed by atoms with Gasteiger partial charge in [0.15, 0.2) is 11.5 Å². The smallest absolute Gasteiger partial charge is 0.271 e. The second-order valence-corrected chi connectivity index (χ2v) is 7.86. The standard InChI is InChI=1S/C24H21Cl2N3O4/c1-14-16(12-27)23(30)29(10-9-15-7-8-20(32-2)21(11-15)33-3)24(31)17(14)13-28-19-6-4-5-18(25)22(19)26/h4-8,11,13,31H,9-10H2,1-3H3. The van der Waals surface area contributed by atoms with Gasteiger partial charge in [-0.3, -0.25) is 14.4 Å². The quantitative estimate of drug-likeness (QED) is 0.472. The Balaban J connectivity index is 2.01. The highest BCUT2D eigenvalue weighted by Crippen LogP contribution is 2.32. The summed E-state index contributed by atoms with van der Waals surface area (Å²) >= 11 is 12.2. The average molecular weight is 486 g/mol. The van der Waals surface area contributed by atoms with E-state index in [2.05, 4.69) is 4.99 Å².